The molecule has 25 heavy (non-hydrogen) atoms. The molecule has 0 amide bonds. The molecule has 0 radical (unpaired) electrons. The molecule has 1 aliphatic rings. The second kappa shape index (κ2) is 8.62. The summed E-state index contributed by atoms with van der Waals surface area (Å²) >= 11 is 0. The number of hydrogen-bond donors (Lipinski definition) is 1. The van der Waals surface area contributed by atoms with Crippen molar-refractivity contribution in [2.45, 2.75) is 13.8 Å². The minimum Gasteiger partial charge on any atom is -0.466 e. The molecule has 1 N–H and O–H groups in total. The topological polar surface area (TPSA) is 108 Å². The molecule has 1 heterocycles. The molecule has 1 aliphatic heterocycles. The summed E-state index contributed by atoms with van der Waals surface area (Å²) in [7, 11) is 2.33. The first-order valence-corrected chi connectivity index (χ1v) is 7.28. The number of rotatable bonds is 6. The van der Waals surface area contributed by atoms with Crippen LogP contribution in [0.3, 0.4) is 0 Å². The number of ether oxygens (including phenoxy) is 2. The minimum absolute atomic E-state index is 0.0246. The van der Waals surface area contributed by atoms with Crippen LogP contribution in [0.1, 0.15) is 13.8 Å². The predicted octanol–water partition coefficient (Wildman–Crippen LogP) is 2.00. The number of esters is 2. The van der Waals surface area contributed by atoms with Gasteiger partial charge in [-0.2, -0.15) is 0 Å². The van der Waals surface area contributed by atoms with E-state index in [0.717, 1.165) is 14.2 Å². The summed E-state index contributed by atoms with van der Waals surface area (Å²) < 4.78 is 9.49. The van der Waals surface area contributed by atoms with Crippen LogP contribution < -0.4 is 5.32 Å². The second-order valence-corrected chi connectivity index (χ2v) is 5.09. The molecule has 0 bridgehead atoms. The zero-order valence-electron chi connectivity index (χ0n) is 14.5. The minimum atomic E-state index is -1.23. The van der Waals surface area contributed by atoms with Gasteiger partial charge in [0, 0.05) is 17.5 Å². The number of dihydropyridines is 1. The lowest BCUT2D eigenvalue weighted by molar-refractivity contribution is -0.431. The maximum absolute atomic E-state index is 12.2. The highest BCUT2D eigenvalue weighted by molar-refractivity contribution is 5.98. The molecule has 8 nitrogen and oxygen atoms in total. The van der Waals surface area contributed by atoms with Crippen molar-refractivity contribution in [2.24, 2.45) is 5.92 Å². The van der Waals surface area contributed by atoms with E-state index < -0.39 is 22.8 Å². The number of methoxy groups -OCH3 is 2. The van der Waals surface area contributed by atoms with E-state index in [4.69, 9.17) is 9.47 Å². The highest BCUT2D eigenvalue weighted by Gasteiger charge is 2.43. The third-order valence-corrected chi connectivity index (χ3v) is 3.59. The normalized spacial score (nSPS) is 15.9. The highest BCUT2D eigenvalue weighted by atomic mass is 16.6. The number of hydrogen-bond acceptors (Lipinski definition) is 7. The SMILES string of the molecule is C=C/C=C\C=C(\C1C(C(=O)OC)=C(C)NC(C)=C1C(=O)OC)[N+](=O)[O-]. The van der Waals surface area contributed by atoms with Crippen LogP contribution in [-0.4, -0.2) is 31.1 Å². The van der Waals surface area contributed by atoms with Gasteiger partial charge in [0.25, 0.3) is 5.70 Å². The van der Waals surface area contributed by atoms with Crippen molar-refractivity contribution in [3.63, 3.8) is 0 Å². The third kappa shape index (κ3) is 4.23. The summed E-state index contributed by atoms with van der Waals surface area (Å²) in [6.07, 6.45) is 5.56. The van der Waals surface area contributed by atoms with Gasteiger partial charge >= 0.3 is 11.9 Å². The Kier molecular flexibility index (Phi) is 6.86. The number of nitrogens with zero attached hydrogens (tertiary/aromatic N) is 1. The van der Waals surface area contributed by atoms with Gasteiger partial charge in [-0.25, -0.2) is 9.59 Å². The summed E-state index contributed by atoms with van der Waals surface area (Å²) in [5.41, 5.74) is 0.316. The van der Waals surface area contributed by atoms with E-state index in [0.29, 0.717) is 11.4 Å². The van der Waals surface area contributed by atoms with Crippen LogP contribution in [0, 0.1) is 16.0 Å². The van der Waals surface area contributed by atoms with E-state index >= 15 is 0 Å². The van der Waals surface area contributed by atoms with Crippen LogP contribution >= 0.6 is 0 Å². The maximum atomic E-state index is 12.2. The summed E-state index contributed by atoms with van der Waals surface area (Å²) in [5.74, 6) is -2.78. The van der Waals surface area contributed by atoms with E-state index in [2.05, 4.69) is 11.9 Å². The van der Waals surface area contributed by atoms with Crippen LogP contribution in [0.4, 0.5) is 0 Å². The third-order valence-electron chi connectivity index (χ3n) is 3.59. The van der Waals surface area contributed by atoms with Crippen LogP contribution in [0.15, 0.2) is 59.1 Å². The van der Waals surface area contributed by atoms with Crippen molar-refractivity contribution >= 4 is 11.9 Å². The molecule has 8 heteroatoms. The molecule has 0 aromatic carbocycles. The van der Waals surface area contributed by atoms with E-state index in [1.807, 2.05) is 0 Å². The first kappa shape index (κ1) is 19.9. The number of nitro groups is 1. The van der Waals surface area contributed by atoms with E-state index in [-0.39, 0.29) is 16.8 Å². The number of carbonyl (C=O) groups is 2. The van der Waals surface area contributed by atoms with Crippen LogP contribution in [0.5, 0.6) is 0 Å². The Balaban J connectivity index is 3.72. The zero-order valence-corrected chi connectivity index (χ0v) is 14.5. The fourth-order valence-electron chi connectivity index (χ4n) is 2.55. The van der Waals surface area contributed by atoms with Crippen molar-refractivity contribution in [3.05, 3.63) is 69.2 Å². The fourth-order valence-corrected chi connectivity index (χ4v) is 2.55. The maximum Gasteiger partial charge on any atom is 0.336 e. The molecule has 0 unspecified atom stereocenters. The summed E-state index contributed by atoms with van der Waals surface area (Å²) in [5, 5.41) is 14.5. The highest BCUT2D eigenvalue weighted by Crippen LogP contribution is 2.36. The molecule has 1 rings (SSSR count). The Morgan fingerprint density at radius 1 is 1.12 bits per heavy atom. The van der Waals surface area contributed by atoms with E-state index in [1.54, 1.807) is 13.8 Å². The molecule has 0 aliphatic carbocycles. The Hall–Kier alpha value is -3.16. The van der Waals surface area contributed by atoms with Crippen molar-refractivity contribution in [1.29, 1.82) is 0 Å². The van der Waals surface area contributed by atoms with Gasteiger partial charge in [0.2, 0.25) is 0 Å². The van der Waals surface area contributed by atoms with E-state index in [1.165, 1.54) is 24.3 Å². The summed E-state index contributed by atoms with van der Waals surface area (Å²) in [6, 6.07) is 0. The van der Waals surface area contributed by atoms with Crippen molar-refractivity contribution in [2.75, 3.05) is 14.2 Å². The molecule has 0 aromatic heterocycles. The molecule has 0 saturated heterocycles. The molecule has 0 atom stereocenters. The Labute approximate surface area is 145 Å². The smallest absolute Gasteiger partial charge is 0.336 e. The number of carbonyl (C=O) groups excluding carboxylic acids is 2. The van der Waals surface area contributed by atoms with Crippen LogP contribution in [-0.2, 0) is 19.1 Å². The molecule has 0 saturated carbocycles. The lowest BCUT2D eigenvalue weighted by Crippen LogP contribution is -2.35. The van der Waals surface area contributed by atoms with Crippen LogP contribution in [0.25, 0.3) is 0 Å². The standard InChI is InChI=1S/C17H20N2O6/c1-6-7-8-9-12(19(22)23)15-13(16(20)24-4)10(2)18-11(3)14(15)17(21)25-5/h6-9,15,18H,1H2,2-5H3/b8-7-,12-9-. The lowest BCUT2D eigenvalue weighted by Gasteiger charge is -2.27. The molecule has 0 spiro atoms. The molecule has 134 valence electrons. The van der Waals surface area contributed by atoms with E-state index in [9.17, 15) is 19.7 Å². The average molecular weight is 348 g/mol. The summed E-state index contributed by atoms with van der Waals surface area (Å²) in [6.45, 7) is 6.64. The molecular weight excluding hydrogens is 328 g/mol. The Morgan fingerprint density at radius 2 is 1.60 bits per heavy atom. The lowest BCUT2D eigenvalue weighted by atomic mass is 9.83. The first-order chi connectivity index (χ1) is 11.8. The van der Waals surface area contributed by atoms with Crippen molar-refractivity contribution < 1.29 is 24.0 Å². The first-order valence-electron chi connectivity index (χ1n) is 7.28. The second-order valence-electron chi connectivity index (χ2n) is 5.09. The van der Waals surface area contributed by atoms with Gasteiger partial charge in [-0.3, -0.25) is 10.1 Å². The Morgan fingerprint density at radius 3 is 1.96 bits per heavy atom. The molecule has 0 fully saturated rings. The molecule has 0 aromatic rings. The van der Waals surface area contributed by atoms with Gasteiger partial charge in [0.15, 0.2) is 0 Å². The van der Waals surface area contributed by atoms with Crippen molar-refractivity contribution in [1.82, 2.24) is 5.32 Å². The van der Waals surface area contributed by atoms with Gasteiger partial charge in [-0.15, -0.1) is 0 Å². The zero-order chi connectivity index (χ0) is 19.1. The number of nitrogens with one attached hydrogen (secondary N) is 1. The number of allylic oxidation sites excluding steroid dienone is 7. The van der Waals surface area contributed by atoms with Gasteiger partial charge in [0.05, 0.1) is 30.3 Å². The Bertz CT molecular complexity index is 689. The fraction of sp³-hybridized carbons (Fsp3) is 0.294. The van der Waals surface area contributed by atoms with Gasteiger partial charge in [-0.05, 0) is 13.8 Å². The van der Waals surface area contributed by atoms with Crippen molar-refractivity contribution in [3.8, 4) is 0 Å². The average Bonchev–Trinajstić information content (AvgIpc) is 2.56. The monoisotopic (exact) mass is 348 g/mol. The van der Waals surface area contributed by atoms with Gasteiger partial charge in [0.1, 0.15) is 5.92 Å². The predicted molar refractivity (Wildman–Crippen MR) is 90.5 cm³/mol. The van der Waals surface area contributed by atoms with Crippen LogP contribution in [0.2, 0.25) is 0 Å². The quantitative estimate of drug-likeness (QED) is 0.338. The van der Waals surface area contributed by atoms with Gasteiger partial charge in [-0.1, -0.05) is 24.8 Å². The largest absolute Gasteiger partial charge is 0.466 e. The molecular formula is C17H20N2O6. The van der Waals surface area contributed by atoms with Gasteiger partial charge < -0.3 is 14.8 Å². The summed E-state index contributed by atoms with van der Waals surface area (Å²) in [4.78, 5) is 35.4.